The minimum atomic E-state index is -0.407. The fraction of sp³-hybridized carbons (Fsp3) is 0.467. The summed E-state index contributed by atoms with van der Waals surface area (Å²) in [5, 5.41) is 19.1. The highest BCUT2D eigenvalue weighted by atomic mass is 16.6. The van der Waals surface area contributed by atoms with Crippen LogP contribution in [0.25, 0.3) is 0 Å². The summed E-state index contributed by atoms with van der Waals surface area (Å²) in [6.45, 7) is 4.40. The zero-order valence-electron chi connectivity index (χ0n) is 13.8. The van der Waals surface area contributed by atoms with E-state index in [0.29, 0.717) is 24.7 Å². The Hall–Kier alpha value is -2.84. The first-order valence-electron chi connectivity index (χ1n) is 7.76. The van der Waals surface area contributed by atoms with Gasteiger partial charge in [-0.05, 0) is 13.3 Å². The van der Waals surface area contributed by atoms with Crippen LogP contribution in [0, 0.1) is 17.0 Å². The highest BCUT2D eigenvalue weighted by Crippen LogP contribution is 2.23. The van der Waals surface area contributed by atoms with E-state index < -0.39 is 4.92 Å². The van der Waals surface area contributed by atoms with Gasteiger partial charge in [0.1, 0.15) is 0 Å². The Morgan fingerprint density at radius 3 is 2.71 bits per heavy atom. The van der Waals surface area contributed by atoms with Crippen LogP contribution in [-0.2, 0) is 20.1 Å². The first-order valence-corrected chi connectivity index (χ1v) is 7.76. The molecule has 1 fully saturated rings. The van der Waals surface area contributed by atoms with Crippen molar-refractivity contribution in [2.75, 3.05) is 13.1 Å². The number of rotatable bonds is 5. The van der Waals surface area contributed by atoms with Crippen molar-refractivity contribution >= 4 is 0 Å². The average Bonchev–Trinajstić information content (AvgIpc) is 3.10. The van der Waals surface area contributed by atoms with Gasteiger partial charge in [-0.25, -0.2) is 0 Å². The van der Waals surface area contributed by atoms with Gasteiger partial charge in [0.25, 0.3) is 6.20 Å². The maximum atomic E-state index is 11.1. The number of nitrogens with zero attached hydrogens (tertiary/aromatic N) is 6. The van der Waals surface area contributed by atoms with Crippen molar-refractivity contribution in [2.45, 2.75) is 26.4 Å². The Balaban J connectivity index is 1.81. The summed E-state index contributed by atoms with van der Waals surface area (Å²) < 4.78 is 6.98. The van der Waals surface area contributed by atoms with Gasteiger partial charge >= 0.3 is 0 Å². The smallest absolute Gasteiger partial charge is 0.274 e. The molecule has 0 atom stereocenters. The molecule has 0 N–H and O–H groups in total. The van der Waals surface area contributed by atoms with Crippen LogP contribution < -0.4 is 0 Å². The molecular weight excluding hydrogens is 312 g/mol. The van der Waals surface area contributed by atoms with Gasteiger partial charge in [0, 0.05) is 44.5 Å². The molecule has 3 heterocycles. The third kappa shape index (κ3) is 3.73. The number of aromatic nitrogens is 3. The van der Waals surface area contributed by atoms with Crippen molar-refractivity contribution in [3.63, 3.8) is 0 Å². The molecule has 1 aliphatic rings. The van der Waals surface area contributed by atoms with E-state index in [1.54, 1.807) is 10.9 Å². The largest absolute Gasteiger partial charge is 0.359 e. The van der Waals surface area contributed by atoms with Crippen LogP contribution in [-0.4, -0.2) is 42.7 Å². The monoisotopic (exact) mass is 332 g/mol. The zero-order chi connectivity index (χ0) is 17.1. The van der Waals surface area contributed by atoms with Gasteiger partial charge in [0.2, 0.25) is 0 Å². The van der Waals surface area contributed by atoms with Crippen molar-refractivity contribution in [3.8, 4) is 0 Å². The van der Waals surface area contributed by atoms with Gasteiger partial charge in [-0.15, -0.1) is 0 Å². The number of hydrogen-bond acceptors (Lipinski definition) is 7. The molecule has 0 bridgehead atoms. The van der Waals surface area contributed by atoms with E-state index in [2.05, 4.69) is 10.3 Å². The Bertz CT molecular complexity index is 698. The average molecular weight is 332 g/mol. The minimum Gasteiger partial charge on any atom is -0.359 e. The molecule has 9 heteroatoms. The molecule has 1 aliphatic heterocycles. The summed E-state index contributed by atoms with van der Waals surface area (Å²) in [6, 6.07) is 1.85. The lowest BCUT2D eigenvalue weighted by molar-refractivity contribution is -0.405. The van der Waals surface area contributed by atoms with Crippen LogP contribution in [0.15, 0.2) is 35.0 Å². The van der Waals surface area contributed by atoms with Gasteiger partial charge in [0.15, 0.2) is 11.6 Å². The molecule has 3 rings (SSSR count). The second-order valence-corrected chi connectivity index (χ2v) is 5.93. The molecule has 2 aromatic heterocycles. The third-order valence-corrected chi connectivity index (χ3v) is 3.88. The van der Waals surface area contributed by atoms with Gasteiger partial charge in [-0.3, -0.25) is 14.8 Å². The van der Waals surface area contributed by atoms with Crippen molar-refractivity contribution < 1.29 is 9.45 Å². The predicted octanol–water partition coefficient (Wildman–Crippen LogP) is 1.50. The number of aryl methyl sites for hydroxylation is 2. The van der Waals surface area contributed by atoms with Crippen molar-refractivity contribution in [1.82, 2.24) is 24.7 Å². The summed E-state index contributed by atoms with van der Waals surface area (Å²) in [5.74, 6) is 1.29. The first kappa shape index (κ1) is 16.0. The van der Waals surface area contributed by atoms with Crippen molar-refractivity contribution in [2.24, 2.45) is 7.05 Å². The van der Waals surface area contributed by atoms with Crippen LogP contribution in [0.1, 0.15) is 23.4 Å². The van der Waals surface area contributed by atoms with E-state index in [0.717, 1.165) is 37.0 Å². The molecule has 0 unspecified atom stereocenters. The van der Waals surface area contributed by atoms with E-state index in [4.69, 9.17) is 4.52 Å². The highest BCUT2D eigenvalue weighted by molar-refractivity contribution is 5.10. The van der Waals surface area contributed by atoms with E-state index in [-0.39, 0.29) is 0 Å². The fourth-order valence-corrected chi connectivity index (χ4v) is 2.91. The Morgan fingerprint density at radius 2 is 2.12 bits per heavy atom. The van der Waals surface area contributed by atoms with Gasteiger partial charge in [-0.2, -0.15) is 5.10 Å². The summed E-state index contributed by atoms with van der Waals surface area (Å²) in [4.78, 5) is 14.7. The van der Waals surface area contributed by atoms with E-state index in [9.17, 15) is 10.1 Å². The van der Waals surface area contributed by atoms with Crippen LogP contribution in [0.5, 0.6) is 0 Å². The molecule has 9 nitrogen and oxygen atoms in total. The summed E-state index contributed by atoms with van der Waals surface area (Å²) in [6.07, 6.45) is 5.69. The number of nitro groups is 1. The molecule has 128 valence electrons. The lowest BCUT2D eigenvalue weighted by Crippen LogP contribution is -2.42. The maximum absolute atomic E-state index is 11.1. The number of hydrogen-bond donors (Lipinski definition) is 0. The standard InChI is InChI=1S/C15H20N6O3/c1-12-6-14(24-17-12)10-20-5-3-4-19(15(20)11-21(22)23)9-13-7-16-18(2)8-13/h6-8,11H,3-5,9-10H2,1-2H3. The van der Waals surface area contributed by atoms with E-state index >= 15 is 0 Å². The normalized spacial score (nSPS) is 16.8. The fourth-order valence-electron chi connectivity index (χ4n) is 2.91. The van der Waals surface area contributed by atoms with Crippen LogP contribution in [0.4, 0.5) is 0 Å². The summed E-state index contributed by atoms with van der Waals surface area (Å²) >= 11 is 0. The van der Waals surface area contributed by atoms with E-state index in [1.807, 2.05) is 36.0 Å². The Labute approximate surface area is 139 Å². The van der Waals surface area contributed by atoms with Crippen LogP contribution in [0.2, 0.25) is 0 Å². The summed E-state index contributed by atoms with van der Waals surface area (Å²) in [5.41, 5.74) is 1.82. The first-order chi connectivity index (χ1) is 11.5. The van der Waals surface area contributed by atoms with Gasteiger partial charge in [0.05, 0.1) is 23.4 Å². The second kappa shape index (κ2) is 6.73. The lowest BCUT2D eigenvalue weighted by Gasteiger charge is -2.38. The van der Waals surface area contributed by atoms with E-state index in [1.165, 1.54) is 0 Å². The quantitative estimate of drug-likeness (QED) is 0.605. The Kier molecular flexibility index (Phi) is 4.50. The SMILES string of the molecule is Cc1cc(CN2CCCN(Cc3cnn(C)c3)C2=C[N+](=O)[O-])on1. The summed E-state index contributed by atoms with van der Waals surface area (Å²) in [7, 11) is 1.85. The van der Waals surface area contributed by atoms with Crippen LogP contribution >= 0.6 is 0 Å². The van der Waals surface area contributed by atoms with Crippen molar-refractivity contribution in [3.05, 3.63) is 57.6 Å². The molecule has 2 aromatic rings. The molecule has 24 heavy (non-hydrogen) atoms. The molecule has 0 aromatic carbocycles. The molecule has 0 spiro atoms. The minimum absolute atomic E-state index is 0.407. The highest BCUT2D eigenvalue weighted by Gasteiger charge is 2.26. The molecule has 0 saturated carbocycles. The molecular formula is C15H20N6O3. The zero-order valence-corrected chi connectivity index (χ0v) is 13.8. The van der Waals surface area contributed by atoms with Crippen molar-refractivity contribution in [1.29, 1.82) is 0 Å². The lowest BCUT2D eigenvalue weighted by atomic mass is 10.2. The third-order valence-electron chi connectivity index (χ3n) is 3.88. The van der Waals surface area contributed by atoms with Crippen LogP contribution in [0.3, 0.4) is 0 Å². The molecule has 1 saturated heterocycles. The topological polar surface area (TPSA) is 93.5 Å². The predicted molar refractivity (Wildman–Crippen MR) is 85.0 cm³/mol. The Morgan fingerprint density at radius 1 is 1.38 bits per heavy atom. The maximum Gasteiger partial charge on any atom is 0.274 e. The van der Waals surface area contributed by atoms with Gasteiger partial charge < -0.3 is 14.3 Å². The molecule has 0 radical (unpaired) electrons. The molecule has 0 amide bonds. The second-order valence-electron chi connectivity index (χ2n) is 5.93. The van der Waals surface area contributed by atoms with Gasteiger partial charge in [-0.1, -0.05) is 5.16 Å². The molecule has 0 aliphatic carbocycles.